The van der Waals surface area contributed by atoms with Crippen LogP contribution in [0.3, 0.4) is 0 Å². The fraction of sp³-hybridized carbons (Fsp3) is 0.549. The number of hydrogen-bond acceptors (Lipinski definition) is 12. The Kier molecular flexibility index (Phi) is 23.6. The van der Waals surface area contributed by atoms with Crippen molar-refractivity contribution in [2.24, 2.45) is 5.41 Å². The summed E-state index contributed by atoms with van der Waals surface area (Å²) in [6.07, 6.45) is 12.9. The van der Waals surface area contributed by atoms with Gasteiger partial charge in [-0.3, -0.25) is 38.6 Å². The van der Waals surface area contributed by atoms with Crippen molar-refractivity contribution in [3.8, 4) is 0 Å². The number of carbonyl (C=O) groups excluding carboxylic acids is 6. The molecular weight excluding hydrogens is 1260 g/mol. The van der Waals surface area contributed by atoms with E-state index in [-0.39, 0.29) is 92.3 Å². The molecular formula is C82H116N8O10. The number of carboxylic acids is 1. The number of piperidine rings is 4. The second kappa shape index (κ2) is 31.5. The second-order valence-corrected chi connectivity index (χ2v) is 32.1. The third-order valence-electron chi connectivity index (χ3n) is 22.7. The number of carbonyl (C=O) groups is 7. The van der Waals surface area contributed by atoms with Gasteiger partial charge in [-0.2, -0.15) is 0 Å². The molecule has 4 heterocycles. The quantitative estimate of drug-likeness (QED) is 0.0778. The lowest BCUT2D eigenvalue weighted by molar-refractivity contribution is -0.142. The van der Waals surface area contributed by atoms with Crippen LogP contribution in [0, 0.1) is 12.3 Å². The normalized spacial score (nSPS) is 22.0. The molecule has 100 heavy (non-hydrogen) atoms. The number of methoxy groups -OCH3 is 1. The van der Waals surface area contributed by atoms with E-state index < -0.39 is 11.6 Å². The first kappa shape index (κ1) is 74.8. The lowest BCUT2D eigenvalue weighted by atomic mass is 9.73. The molecule has 5 aromatic carbocycles. The monoisotopic (exact) mass is 1370 g/mol. The molecule has 4 atom stereocenters. The molecule has 0 unspecified atom stereocenters. The molecule has 18 heteroatoms. The number of esters is 1. The van der Waals surface area contributed by atoms with Crippen molar-refractivity contribution in [2.75, 3.05) is 79.1 Å². The van der Waals surface area contributed by atoms with Gasteiger partial charge in [0, 0.05) is 65.4 Å². The van der Waals surface area contributed by atoms with Gasteiger partial charge in [-0.15, -0.1) is 0 Å². The van der Waals surface area contributed by atoms with Crippen molar-refractivity contribution >= 4 is 41.7 Å². The van der Waals surface area contributed by atoms with Gasteiger partial charge in [-0.05, 0) is 219 Å². The average molecular weight is 1370 g/mol. The van der Waals surface area contributed by atoms with E-state index in [0.29, 0.717) is 30.6 Å². The van der Waals surface area contributed by atoms with E-state index in [9.17, 15) is 33.6 Å². The first-order chi connectivity index (χ1) is 47.5. The number of amides is 5. The van der Waals surface area contributed by atoms with Gasteiger partial charge in [0.25, 0.3) is 5.91 Å². The summed E-state index contributed by atoms with van der Waals surface area (Å²) in [6, 6.07) is 41.8. The zero-order valence-corrected chi connectivity index (χ0v) is 61.2. The molecule has 4 fully saturated rings. The van der Waals surface area contributed by atoms with Crippen LogP contribution in [-0.4, -0.2) is 151 Å². The highest BCUT2D eigenvalue weighted by Gasteiger charge is 2.50. The molecule has 0 saturated carbocycles. The van der Waals surface area contributed by atoms with Gasteiger partial charge < -0.3 is 45.6 Å². The van der Waals surface area contributed by atoms with Crippen molar-refractivity contribution in [1.82, 2.24) is 40.9 Å². The summed E-state index contributed by atoms with van der Waals surface area (Å²) in [5.41, 5.74) is 12.9. The standard InChI is InChI=1S/C25H30N2O3.C22H34N2O.C18H24N2O3.C17H22N2O3.3H2/c1-24(2,3)30-23(29)27-15-13-25(14-16-27)17-21(19-11-7-8-12-20(19)25)26-22(28)18-9-5-4-6-10-18;1-16-6-7-19-18(14-16)20(23-17(2)25)15-22(19)9-12-24(13-10-22)11-8-21(3,4)5;1-13(21)19-16-11-18(15-6-4-3-5-14(15)16)7-9-20(10-8-18)12-17(22)23-2;1-12(20)18-15-10-17(14-5-3-2-4-13(14)15)6-8-19(9-7-17)11-16(21)22;;;/h4-12,21H,13-17H2,1-3H3,(H,26,28);6-7,14,20H,8-13,15H2,1-5H3,(H,23,25);3-6,16H,7-12H2,1-2H3,(H,19,21);2-5,15H,6-11H2,1H3,(H,18,20)(H,21,22);3*1H/t21-;20-;16-;15-;;;/m0000.../s1. The first-order valence-corrected chi connectivity index (χ1v) is 36.5. The summed E-state index contributed by atoms with van der Waals surface area (Å²) in [7, 11) is 1.43. The van der Waals surface area contributed by atoms with Gasteiger partial charge in [0.1, 0.15) is 5.60 Å². The molecule has 544 valence electrons. The molecule has 5 amide bonds. The molecule has 0 radical (unpaired) electrons. The summed E-state index contributed by atoms with van der Waals surface area (Å²) in [4.78, 5) is 90.8. The van der Waals surface area contributed by atoms with Crippen molar-refractivity contribution in [3.05, 3.63) is 177 Å². The predicted octanol–water partition coefficient (Wildman–Crippen LogP) is 13.4. The van der Waals surface area contributed by atoms with Gasteiger partial charge in [0.2, 0.25) is 17.7 Å². The Labute approximate surface area is 597 Å². The Balaban J connectivity index is 0.000000192. The lowest BCUT2D eigenvalue weighted by Gasteiger charge is -2.41. The largest absolute Gasteiger partial charge is 0.480 e. The number of fused-ring (bicyclic) bond motifs is 8. The number of likely N-dealkylation sites (tertiary alicyclic amines) is 4. The fourth-order valence-electron chi connectivity index (χ4n) is 17.6. The Morgan fingerprint density at radius 3 is 1.25 bits per heavy atom. The smallest absolute Gasteiger partial charge is 0.410 e. The van der Waals surface area contributed by atoms with Crippen LogP contribution < -0.4 is 21.3 Å². The van der Waals surface area contributed by atoms with Crippen LogP contribution in [0.1, 0.15) is 235 Å². The molecule has 4 aliphatic carbocycles. The van der Waals surface area contributed by atoms with Gasteiger partial charge in [-0.1, -0.05) is 136 Å². The molecule has 0 aromatic heterocycles. The third kappa shape index (κ3) is 18.0. The highest BCUT2D eigenvalue weighted by atomic mass is 16.6. The topological polar surface area (TPSA) is 219 Å². The molecule has 13 rings (SSSR count). The van der Waals surface area contributed by atoms with Crippen LogP contribution >= 0.6 is 0 Å². The van der Waals surface area contributed by atoms with Crippen LogP contribution in [0.4, 0.5) is 4.79 Å². The highest BCUT2D eigenvalue weighted by molar-refractivity contribution is 5.94. The minimum atomic E-state index is -0.765. The van der Waals surface area contributed by atoms with E-state index in [0.717, 1.165) is 90.4 Å². The molecule has 4 spiro atoms. The zero-order valence-electron chi connectivity index (χ0n) is 61.2. The SMILES string of the molecule is CC(=O)N[C@H]1CC2(CCN(CC(=O)O)CC2)c2ccccc21.CC(=O)N[C@H]1CC2(CCN(CCC(C)(C)C)CC2)c2ccc(C)cc21.CC(C)(C)OC(=O)N1CCC2(CC1)C[C@H](NC(=O)c1ccccc1)c1ccccc12.COC(=O)CN1CCC2(CC1)C[C@H](NC(C)=O)c1ccccc12.[HH].[HH].[HH]. The summed E-state index contributed by atoms with van der Waals surface area (Å²) in [5, 5.41) is 21.5. The third-order valence-corrected chi connectivity index (χ3v) is 22.7. The number of nitrogens with one attached hydrogen (secondary N) is 4. The Hall–Kier alpha value is -7.93. The number of hydrogen-bond donors (Lipinski definition) is 5. The van der Waals surface area contributed by atoms with Gasteiger partial charge in [0.05, 0.1) is 44.4 Å². The van der Waals surface area contributed by atoms with Crippen molar-refractivity contribution in [2.45, 2.75) is 204 Å². The maximum atomic E-state index is 12.8. The number of aliphatic carboxylic acids is 1. The van der Waals surface area contributed by atoms with E-state index in [1.54, 1.807) is 20.8 Å². The predicted molar refractivity (Wildman–Crippen MR) is 396 cm³/mol. The Bertz CT molecular complexity index is 3730. The van der Waals surface area contributed by atoms with Crippen molar-refractivity contribution in [3.63, 3.8) is 0 Å². The van der Waals surface area contributed by atoms with Crippen LogP contribution in [0.2, 0.25) is 0 Å². The summed E-state index contributed by atoms with van der Waals surface area (Å²) < 4.78 is 10.3. The van der Waals surface area contributed by atoms with E-state index in [1.807, 2.05) is 79.1 Å². The number of aryl methyl sites for hydroxylation is 1. The number of nitrogens with zero attached hydrogens (tertiary/aromatic N) is 4. The molecule has 5 N–H and O–H groups in total. The molecule has 4 aliphatic heterocycles. The van der Waals surface area contributed by atoms with Crippen LogP contribution in [0.15, 0.2) is 121 Å². The molecule has 5 aromatic rings. The van der Waals surface area contributed by atoms with E-state index in [4.69, 9.17) is 14.6 Å². The van der Waals surface area contributed by atoms with Crippen molar-refractivity contribution < 1.29 is 52.4 Å². The maximum absolute atomic E-state index is 12.8. The summed E-state index contributed by atoms with van der Waals surface area (Å²) in [6.45, 7) is 28.3. The number of ether oxygens (including phenoxy) is 2. The van der Waals surface area contributed by atoms with E-state index >= 15 is 0 Å². The maximum Gasteiger partial charge on any atom is 0.410 e. The lowest BCUT2D eigenvalue weighted by Crippen LogP contribution is -2.46. The van der Waals surface area contributed by atoms with Crippen LogP contribution in [-0.2, 0) is 55.1 Å². The summed E-state index contributed by atoms with van der Waals surface area (Å²) in [5.74, 6) is -0.885. The van der Waals surface area contributed by atoms with Gasteiger partial charge in [0.15, 0.2) is 0 Å². The van der Waals surface area contributed by atoms with Gasteiger partial charge in [-0.25, -0.2) is 4.79 Å². The molecule has 8 aliphatic rings. The number of carboxylic acid groups (broad SMARTS) is 1. The zero-order chi connectivity index (χ0) is 71.8. The number of benzene rings is 5. The molecule has 18 nitrogen and oxygen atoms in total. The fourth-order valence-corrected chi connectivity index (χ4v) is 17.6. The van der Waals surface area contributed by atoms with Crippen LogP contribution in [0.5, 0.6) is 0 Å². The first-order valence-electron chi connectivity index (χ1n) is 36.5. The summed E-state index contributed by atoms with van der Waals surface area (Å²) >= 11 is 0. The molecule has 4 saturated heterocycles. The van der Waals surface area contributed by atoms with E-state index in [1.165, 1.54) is 96.1 Å². The second-order valence-electron chi connectivity index (χ2n) is 32.1. The van der Waals surface area contributed by atoms with Crippen molar-refractivity contribution in [1.29, 1.82) is 0 Å². The molecule has 0 bridgehead atoms. The Morgan fingerprint density at radius 2 is 0.850 bits per heavy atom. The van der Waals surface area contributed by atoms with E-state index in [2.05, 4.69) is 132 Å². The van der Waals surface area contributed by atoms with Crippen LogP contribution in [0.25, 0.3) is 0 Å². The average Bonchev–Trinajstić information content (AvgIpc) is 1.63. The minimum Gasteiger partial charge on any atom is -0.480 e. The number of rotatable bonds is 11. The minimum absolute atomic E-state index is 0. The Morgan fingerprint density at radius 1 is 0.480 bits per heavy atom. The van der Waals surface area contributed by atoms with Gasteiger partial charge >= 0.3 is 18.0 Å². The highest BCUT2D eigenvalue weighted by Crippen LogP contribution is 2.55.